The van der Waals surface area contributed by atoms with Crippen LogP contribution in [0.1, 0.15) is 28.3 Å². The van der Waals surface area contributed by atoms with Gasteiger partial charge >= 0.3 is 0 Å². The number of hydrogen-bond acceptors (Lipinski definition) is 2. The van der Waals surface area contributed by atoms with Gasteiger partial charge in [-0.25, -0.2) is 0 Å². The number of fused-ring (bicyclic) bond motifs is 4. The molecule has 1 atom stereocenters. The van der Waals surface area contributed by atoms with Crippen molar-refractivity contribution in [1.29, 1.82) is 0 Å². The van der Waals surface area contributed by atoms with Gasteiger partial charge in [-0.3, -0.25) is 0 Å². The van der Waals surface area contributed by atoms with Gasteiger partial charge in [-0.15, -0.1) is 11.3 Å². The lowest BCUT2D eigenvalue weighted by Gasteiger charge is -2.26. The fourth-order valence-electron chi connectivity index (χ4n) is 9.97. The summed E-state index contributed by atoms with van der Waals surface area (Å²) in [4.78, 5) is 3.84. The van der Waals surface area contributed by atoms with E-state index in [0.717, 1.165) is 23.5 Å². The zero-order chi connectivity index (χ0) is 43.8. The predicted octanol–water partition coefficient (Wildman–Crippen LogP) is 18.4. The van der Waals surface area contributed by atoms with Crippen LogP contribution in [0.25, 0.3) is 82.6 Å². The van der Waals surface area contributed by atoms with Gasteiger partial charge in [0.05, 0.1) is 0 Å². The van der Waals surface area contributed by atoms with E-state index in [1.165, 1.54) is 92.5 Å². The molecule has 1 unspecified atom stereocenters. The Labute approximate surface area is 390 Å². The number of nitrogens with zero attached hydrogens (tertiary/aromatic N) is 1. The lowest BCUT2D eigenvalue weighted by atomic mass is 9.87. The highest BCUT2D eigenvalue weighted by atomic mass is 32.1. The van der Waals surface area contributed by atoms with Crippen LogP contribution >= 0.6 is 11.3 Å². The summed E-state index contributed by atoms with van der Waals surface area (Å²) in [6.45, 7) is 0. The lowest BCUT2D eigenvalue weighted by Crippen LogP contribution is -2.09. The molecule has 66 heavy (non-hydrogen) atoms. The van der Waals surface area contributed by atoms with Crippen molar-refractivity contribution in [3.8, 4) is 55.6 Å². The Hall–Kier alpha value is -8.04. The minimum Gasteiger partial charge on any atom is -0.311 e. The summed E-state index contributed by atoms with van der Waals surface area (Å²) < 4.78 is 1.35. The molecule has 0 aliphatic heterocycles. The molecule has 312 valence electrons. The molecule has 1 aliphatic carbocycles. The van der Waals surface area contributed by atoms with Gasteiger partial charge in [0, 0.05) is 37.9 Å². The molecule has 10 aromatic carbocycles. The van der Waals surface area contributed by atoms with Gasteiger partial charge < -0.3 is 4.90 Å². The van der Waals surface area contributed by atoms with Crippen LogP contribution in [0.5, 0.6) is 0 Å². The van der Waals surface area contributed by atoms with Gasteiger partial charge in [0.2, 0.25) is 0 Å². The number of thiophene rings is 1. The first-order valence-corrected chi connectivity index (χ1v) is 23.7. The topological polar surface area (TPSA) is 3.24 Å². The van der Waals surface area contributed by atoms with E-state index in [9.17, 15) is 0 Å². The summed E-state index contributed by atoms with van der Waals surface area (Å²) in [7, 11) is 0. The predicted molar refractivity (Wildman–Crippen MR) is 283 cm³/mol. The lowest BCUT2D eigenvalue weighted by molar-refractivity contribution is 0.840. The van der Waals surface area contributed by atoms with Crippen LogP contribution in [0.15, 0.2) is 249 Å². The van der Waals surface area contributed by atoms with Crippen LogP contribution in [0.2, 0.25) is 0 Å². The Morgan fingerprint density at radius 1 is 0.364 bits per heavy atom. The quantitative estimate of drug-likeness (QED) is 0.140. The summed E-state index contributed by atoms with van der Waals surface area (Å²) in [5.41, 5.74) is 18.2. The zero-order valence-corrected chi connectivity index (χ0v) is 37.2. The minimum atomic E-state index is 0.381. The Balaban J connectivity index is 0.924. The smallest absolute Gasteiger partial charge is 0.0462 e. The molecule has 1 heterocycles. The highest BCUT2D eigenvalue weighted by Gasteiger charge is 2.25. The normalized spacial score (nSPS) is 13.2. The van der Waals surface area contributed by atoms with Crippen molar-refractivity contribution < 1.29 is 0 Å². The van der Waals surface area contributed by atoms with Gasteiger partial charge in [-0.05, 0) is 126 Å². The first-order valence-electron chi connectivity index (χ1n) is 22.8. The fourth-order valence-corrected chi connectivity index (χ4v) is 11.4. The van der Waals surface area contributed by atoms with Crippen molar-refractivity contribution in [2.75, 3.05) is 4.90 Å². The molecule has 0 radical (unpaired) electrons. The van der Waals surface area contributed by atoms with E-state index in [1.807, 2.05) is 11.3 Å². The van der Waals surface area contributed by atoms with E-state index >= 15 is 0 Å². The summed E-state index contributed by atoms with van der Waals surface area (Å²) in [5, 5.41) is 3.84. The van der Waals surface area contributed by atoms with E-state index in [0.29, 0.717) is 5.92 Å². The Morgan fingerprint density at radius 2 is 0.864 bits per heavy atom. The van der Waals surface area contributed by atoms with E-state index < -0.39 is 0 Å². The third-order valence-electron chi connectivity index (χ3n) is 13.3. The second kappa shape index (κ2) is 17.2. The van der Waals surface area contributed by atoms with Crippen LogP contribution in [-0.4, -0.2) is 0 Å². The molecule has 0 fully saturated rings. The fraction of sp³-hybridized carbons (Fsp3) is 0.0312. The highest BCUT2D eigenvalue weighted by Crippen LogP contribution is 2.48. The number of allylic oxidation sites excluding steroid dienone is 1. The SMILES string of the molecule is C1=Cc2c(sc3c(-c4ccc(N(c5ccc(-c6ccccc6)cc5)c5ccc(-c6ccc(-c7ccccc7)c(-c7cccc8ccccc78)c6)cc5)cc4)cccc23)C(c2ccccc2)C1. The van der Waals surface area contributed by atoms with Gasteiger partial charge in [-0.1, -0.05) is 212 Å². The maximum atomic E-state index is 2.38. The molecule has 11 aromatic rings. The maximum Gasteiger partial charge on any atom is 0.0462 e. The van der Waals surface area contributed by atoms with Crippen LogP contribution < -0.4 is 4.90 Å². The number of benzene rings is 10. The first kappa shape index (κ1) is 39.5. The molecule has 2 heteroatoms. The van der Waals surface area contributed by atoms with Crippen molar-refractivity contribution in [3.63, 3.8) is 0 Å². The number of rotatable bonds is 9. The van der Waals surface area contributed by atoms with Gasteiger partial charge in [-0.2, -0.15) is 0 Å². The molecule has 12 rings (SSSR count). The maximum absolute atomic E-state index is 2.38. The first-order chi connectivity index (χ1) is 32.7. The van der Waals surface area contributed by atoms with E-state index in [1.54, 1.807) is 0 Å². The third kappa shape index (κ3) is 7.32. The second-order valence-electron chi connectivity index (χ2n) is 17.2. The van der Waals surface area contributed by atoms with Crippen molar-refractivity contribution in [3.05, 3.63) is 265 Å². The molecule has 0 spiro atoms. The molecule has 1 aliphatic rings. The van der Waals surface area contributed by atoms with Crippen molar-refractivity contribution in [2.45, 2.75) is 12.3 Å². The van der Waals surface area contributed by atoms with E-state index in [-0.39, 0.29) is 0 Å². The monoisotopic (exact) mass is 859 g/mol. The Bertz CT molecular complexity index is 3510. The number of hydrogen-bond donors (Lipinski definition) is 0. The zero-order valence-electron chi connectivity index (χ0n) is 36.4. The molecular formula is C64H45NS. The van der Waals surface area contributed by atoms with Gasteiger partial charge in [0.25, 0.3) is 0 Å². The summed E-state index contributed by atoms with van der Waals surface area (Å²) in [5.74, 6) is 0.381. The summed E-state index contributed by atoms with van der Waals surface area (Å²) in [6, 6.07) is 88.7. The molecule has 1 nitrogen and oxygen atoms in total. The van der Waals surface area contributed by atoms with Crippen molar-refractivity contribution in [2.24, 2.45) is 0 Å². The minimum absolute atomic E-state index is 0.381. The molecule has 0 bridgehead atoms. The van der Waals surface area contributed by atoms with Crippen LogP contribution in [0.4, 0.5) is 17.1 Å². The van der Waals surface area contributed by atoms with Crippen LogP contribution in [0.3, 0.4) is 0 Å². The standard InChI is InChI=1S/C64H45NS/c1-4-15-44(16-5-1)45-29-36-52(37-30-45)65(54-40-33-50(34-41-54)58-25-14-28-61-60-27-13-24-57(63(60)66-64(58)61)49-19-8-3-9-20-49)53-38-31-46(32-39-53)51-35-42-56(47-17-6-2-7-18-47)62(43-51)59-26-12-22-48-21-10-11-23-55(48)59/h1-23,25-43,57H,24H2. The van der Waals surface area contributed by atoms with Crippen molar-refractivity contribution in [1.82, 2.24) is 0 Å². The average Bonchev–Trinajstić information content (AvgIpc) is 3.79. The molecule has 0 N–H and O–H groups in total. The molecule has 0 saturated heterocycles. The Morgan fingerprint density at radius 3 is 1.56 bits per heavy atom. The molecule has 0 saturated carbocycles. The summed E-state index contributed by atoms with van der Waals surface area (Å²) >= 11 is 1.96. The molecule has 1 aromatic heterocycles. The highest BCUT2D eigenvalue weighted by molar-refractivity contribution is 7.20. The second-order valence-corrected chi connectivity index (χ2v) is 18.2. The number of anilines is 3. The van der Waals surface area contributed by atoms with Crippen molar-refractivity contribution >= 4 is 55.3 Å². The van der Waals surface area contributed by atoms with E-state index in [4.69, 9.17) is 0 Å². The van der Waals surface area contributed by atoms with Crippen LogP contribution in [-0.2, 0) is 0 Å². The summed E-state index contributed by atoms with van der Waals surface area (Å²) in [6.07, 6.45) is 5.73. The third-order valence-corrected chi connectivity index (χ3v) is 14.6. The van der Waals surface area contributed by atoms with E-state index in [2.05, 4.69) is 260 Å². The Kier molecular flexibility index (Phi) is 10.3. The van der Waals surface area contributed by atoms with Gasteiger partial charge in [0.1, 0.15) is 0 Å². The molecular weight excluding hydrogens is 815 g/mol. The van der Waals surface area contributed by atoms with Gasteiger partial charge in [0.15, 0.2) is 0 Å². The van der Waals surface area contributed by atoms with Crippen LogP contribution in [0, 0.1) is 0 Å². The average molecular weight is 860 g/mol. The largest absolute Gasteiger partial charge is 0.311 e. The molecule has 0 amide bonds.